The van der Waals surface area contributed by atoms with Crippen molar-refractivity contribution in [2.75, 3.05) is 20.2 Å². The number of carboxylic acid groups (broad SMARTS) is 1. The average molecular weight is 199 g/mol. The minimum absolute atomic E-state index is 0.620. The fraction of sp³-hybridized carbons (Fsp3) is 0.900. The van der Waals surface area contributed by atoms with E-state index in [1.54, 1.807) is 0 Å². The zero-order chi connectivity index (χ0) is 10.2. The van der Waals surface area contributed by atoms with Gasteiger partial charge in [-0.05, 0) is 25.7 Å². The lowest BCUT2D eigenvalue weighted by Crippen LogP contribution is -2.51. The molecule has 0 spiro atoms. The van der Waals surface area contributed by atoms with Crippen LogP contribution in [0.2, 0.25) is 0 Å². The summed E-state index contributed by atoms with van der Waals surface area (Å²) in [4.78, 5) is 13.4. The molecule has 0 aromatic rings. The number of rotatable bonds is 3. The standard InChI is InChI=1S/C10H17NO3/c1-14-10(9(12)13)4-6-11(7-5-10)8-2-3-8/h8H,2-7H2,1H3,(H,12,13). The van der Waals surface area contributed by atoms with Crippen molar-refractivity contribution in [3.05, 3.63) is 0 Å². The Morgan fingerprint density at radius 2 is 2.00 bits per heavy atom. The Morgan fingerprint density at radius 1 is 1.43 bits per heavy atom. The van der Waals surface area contributed by atoms with Crippen LogP contribution in [-0.2, 0) is 9.53 Å². The Labute approximate surface area is 83.8 Å². The number of carboxylic acids is 1. The maximum Gasteiger partial charge on any atom is 0.336 e. The van der Waals surface area contributed by atoms with E-state index in [1.165, 1.54) is 20.0 Å². The van der Waals surface area contributed by atoms with E-state index >= 15 is 0 Å². The van der Waals surface area contributed by atoms with E-state index in [0.717, 1.165) is 19.1 Å². The van der Waals surface area contributed by atoms with Crippen molar-refractivity contribution in [1.29, 1.82) is 0 Å². The molecule has 1 saturated heterocycles. The second-order valence-corrected chi connectivity index (χ2v) is 4.27. The Kier molecular flexibility index (Phi) is 2.49. The summed E-state index contributed by atoms with van der Waals surface area (Å²) in [6.07, 6.45) is 3.81. The second kappa shape index (κ2) is 3.51. The molecule has 0 aromatic heterocycles. The number of hydrogen-bond donors (Lipinski definition) is 1. The van der Waals surface area contributed by atoms with Gasteiger partial charge in [-0.2, -0.15) is 0 Å². The largest absolute Gasteiger partial charge is 0.479 e. The molecule has 4 nitrogen and oxygen atoms in total. The van der Waals surface area contributed by atoms with Crippen LogP contribution in [0.15, 0.2) is 0 Å². The van der Waals surface area contributed by atoms with E-state index in [1.807, 2.05) is 0 Å². The maximum atomic E-state index is 11.1. The predicted molar refractivity (Wildman–Crippen MR) is 51.2 cm³/mol. The molecule has 1 aliphatic carbocycles. The summed E-state index contributed by atoms with van der Waals surface area (Å²) >= 11 is 0. The van der Waals surface area contributed by atoms with Crippen molar-refractivity contribution in [1.82, 2.24) is 4.90 Å². The number of nitrogens with zero attached hydrogens (tertiary/aromatic N) is 1. The van der Waals surface area contributed by atoms with Gasteiger partial charge in [0.2, 0.25) is 0 Å². The van der Waals surface area contributed by atoms with E-state index in [2.05, 4.69) is 4.90 Å². The first-order chi connectivity index (χ1) is 6.68. The smallest absolute Gasteiger partial charge is 0.336 e. The van der Waals surface area contributed by atoms with Crippen LogP contribution in [-0.4, -0.2) is 47.8 Å². The van der Waals surface area contributed by atoms with Gasteiger partial charge < -0.3 is 14.7 Å². The van der Waals surface area contributed by atoms with E-state index in [9.17, 15) is 4.79 Å². The molecule has 0 bridgehead atoms. The molecular formula is C10H17NO3. The predicted octanol–water partition coefficient (Wildman–Crippen LogP) is 0.714. The summed E-state index contributed by atoms with van der Waals surface area (Å²) in [6.45, 7) is 1.73. The number of ether oxygens (including phenoxy) is 1. The quantitative estimate of drug-likeness (QED) is 0.727. The molecule has 1 heterocycles. The zero-order valence-corrected chi connectivity index (χ0v) is 8.53. The summed E-state index contributed by atoms with van der Waals surface area (Å²) in [5.74, 6) is -0.810. The lowest BCUT2D eigenvalue weighted by atomic mass is 9.91. The molecule has 0 amide bonds. The molecule has 1 N–H and O–H groups in total. The summed E-state index contributed by atoms with van der Waals surface area (Å²) in [5, 5.41) is 9.09. The van der Waals surface area contributed by atoms with Gasteiger partial charge in [0.1, 0.15) is 0 Å². The molecule has 0 radical (unpaired) electrons. The Hall–Kier alpha value is -0.610. The summed E-state index contributed by atoms with van der Waals surface area (Å²) in [5.41, 5.74) is -0.911. The molecule has 0 unspecified atom stereocenters. The Balaban J connectivity index is 1.94. The van der Waals surface area contributed by atoms with E-state index in [0.29, 0.717) is 12.8 Å². The third kappa shape index (κ3) is 1.64. The van der Waals surface area contributed by atoms with Gasteiger partial charge in [0.15, 0.2) is 5.60 Å². The van der Waals surface area contributed by atoms with Gasteiger partial charge in [0.05, 0.1) is 0 Å². The molecule has 14 heavy (non-hydrogen) atoms. The van der Waals surface area contributed by atoms with Gasteiger partial charge in [0.25, 0.3) is 0 Å². The number of methoxy groups -OCH3 is 1. The highest BCUT2D eigenvalue weighted by molar-refractivity contribution is 5.77. The van der Waals surface area contributed by atoms with Crippen LogP contribution in [0, 0.1) is 0 Å². The first-order valence-electron chi connectivity index (χ1n) is 5.20. The fourth-order valence-corrected chi connectivity index (χ4v) is 2.20. The topological polar surface area (TPSA) is 49.8 Å². The first-order valence-corrected chi connectivity index (χ1v) is 5.20. The normalized spacial score (nSPS) is 27.5. The summed E-state index contributed by atoms with van der Waals surface area (Å²) in [6, 6.07) is 0.735. The molecule has 2 aliphatic rings. The molecule has 0 aromatic carbocycles. The number of likely N-dealkylation sites (tertiary alicyclic amines) is 1. The molecule has 0 atom stereocenters. The lowest BCUT2D eigenvalue weighted by Gasteiger charge is -2.37. The van der Waals surface area contributed by atoms with E-state index < -0.39 is 11.6 Å². The maximum absolute atomic E-state index is 11.1. The van der Waals surface area contributed by atoms with Crippen LogP contribution in [0.1, 0.15) is 25.7 Å². The monoisotopic (exact) mass is 199 g/mol. The van der Waals surface area contributed by atoms with Crippen LogP contribution in [0.4, 0.5) is 0 Å². The third-order valence-corrected chi connectivity index (χ3v) is 3.45. The number of aliphatic carboxylic acids is 1. The molecule has 2 rings (SSSR count). The van der Waals surface area contributed by atoms with Crippen molar-refractivity contribution in [2.45, 2.75) is 37.3 Å². The van der Waals surface area contributed by atoms with E-state index in [4.69, 9.17) is 9.84 Å². The van der Waals surface area contributed by atoms with Gasteiger partial charge in [-0.25, -0.2) is 4.79 Å². The van der Waals surface area contributed by atoms with Gasteiger partial charge in [-0.1, -0.05) is 0 Å². The van der Waals surface area contributed by atoms with Crippen LogP contribution < -0.4 is 0 Å². The summed E-state index contributed by atoms with van der Waals surface area (Å²) in [7, 11) is 1.50. The molecule has 1 aliphatic heterocycles. The van der Waals surface area contributed by atoms with Gasteiger partial charge >= 0.3 is 5.97 Å². The van der Waals surface area contributed by atoms with Gasteiger partial charge in [-0.15, -0.1) is 0 Å². The lowest BCUT2D eigenvalue weighted by molar-refractivity contribution is -0.168. The molecule has 1 saturated carbocycles. The van der Waals surface area contributed by atoms with Gasteiger partial charge in [0, 0.05) is 26.2 Å². The van der Waals surface area contributed by atoms with Crippen molar-refractivity contribution >= 4 is 5.97 Å². The first kappa shape index (κ1) is 9.93. The minimum atomic E-state index is -0.911. The fourth-order valence-electron chi connectivity index (χ4n) is 2.20. The molecular weight excluding hydrogens is 182 g/mol. The Bertz CT molecular complexity index is 230. The van der Waals surface area contributed by atoms with Crippen molar-refractivity contribution in [3.8, 4) is 0 Å². The second-order valence-electron chi connectivity index (χ2n) is 4.27. The number of piperidine rings is 1. The Morgan fingerprint density at radius 3 is 2.36 bits per heavy atom. The van der Waals surface area contributed by atoms with E-state index in [-0.39, 0.29) is 0 Å². The van der Waals surface area contributed by atoms with Crippen molar-refractivity contribution in [3.63, 3.8) is 0 Å². The number of carbonyl (C=O) groups is 1. The minimum Gasteiger partial charge on any atom is -0.479 e. The molecule has 80 valence electrons. The van der Waals surface area contributed by atoms with Crippen LogP contribution in [0.25, 0.3) is 0 Å². The highest BCUT2D eigenvalue weighted by Gasteiger charge is 2.44. The molecule has 2 fully saturated rings. The van der Waals surface area contributed by atoms with Crippen LogP contribution in [0.3, 0.4) is 0 Å². The van der Waals surface area contributed by atoms with Gasteiger partial charge in [-0.3, -0.25) is 0 Å². The zero-order valence-electron chi connectivity index (χ0n) is 8.53. The van der Waals surface area contributed by atoms with Crippen molar-refractivity contribution < 1.29 is 14.6 Å². The highest BCUT2D eigenvalue weighted by atomic mass is 16.5. The average Bonchev–Trinajstić information content (AvgIpc) is 3.01. The highest BCUT2D eigenvalue weighted by Crippen LogP contribution is 2.33. The SMILES string of the molecule is COC1(C(=O)O)CCN(C2CC2)CC1. The van der Waals surface area contributed by atoms with Crippen LogP contribution in [0.5, 0.6) is 0 Å². The van der Waals surface area contributed by atoms with Crippen molar-refractivity contribution in [2.24, 2.45) is 0 Å². The third-order valence-electron chi connectivity index (χ3n) is 3.45. The van der Waals surface area contributed by atoms with Crippen LogP contribution >= 0.6 is 0 Å². The number of hydrogen-bond acceptors (Lipinski definition) is 3. The molecule has 4 heteroatoms. The summed E-state index contributed by atoms with van der Waals surface area (Å²) < 4.78 is 5.16.